The van der Waals surface area contributed by atoms with E-state index in [1.165, 1.54) is 52.2 Å². The molecule has 0 aliphatic carbocycles. The molecule has 0 spiro atoms. The molecule has 2 aromatic heterocycles. The van der Waals surface area contributed by atoms with E-state index in [-0.39, 0.29) is 60.7 Å². The number of aromatic nitrogens is 4. The zero-order chi connectivity index (χ0) is 58.9. The average Bonchev–Trinajstić information content (AvgIpc) is 3.73. The molecule has 80 heavy (non-hydrogen) atoms. The van der Waals surface area contributed by atoms with Crippen LogP contribution in [0.5, 0.6) is 23.1 Å². The molecule has 2 aliphatic rings. The Kier molecular flexibility index (Phi) is 19.5. The van der Waals surface area contributed by atoms with E-state index < -0.39 is 119 Å². The van der Waals surface area contributed by atoms with Gasteiger partial charge < -0.3 is 60.5 Å². The quantitative estimate of drug-likeness (QED) is 0.0999. The van der Waals surface area contributed by atoms with Crippen LogP contribution in [0, 0.1) is 0 Å². The van der Waals surface area contributed by atoms with E-state index in [9.17, 15) is 46.8 Å². The lowest BCUT2D eigenvalue weighted by Gasteiger charge is -2.44. The molecule has 0 bridgehead atoms. The molecule has 4 aromatic rings. The third-order valence-corrected chi connectivity index (χ3v) is 11.7. The predicted molar refractivity (Wildman–Crippen MR) is 274 cm³/mol. The number of aryl methyl sites for hydroxylation is 1. The van der Waals surface area contributed by atoms with Gasteiger partial charge in [0.25, 0.3) is 5.91 Å². The number of hydrogen-bond donors (Lipinski definition) is 1. The fraction of sp³-hybridized carbons (Fsp3) is 0.510. The van der Waals surface area contributed by atoms with E-state index in [1.54, 1.807) is 47.6 Å². The molecule has 0 radical (unpaired) electrons. The van der Waals surface area contributed by atoms with Crippen molar-refractivity contribution in [3.05, 3.63) is 59.9 Å². The van der Waals surface area contributed by atoms with Gasteiger partial charge in [-0.05, 0) is 83.4 Å². The lowest BCUT2D eigenvalue weighted by Crippen LogP contribution is -2.63. The molecule has 4 amide bonds. The summed E-state index contributed by atoms with van der Waals surface area (Å²) < 4.78 is 89.9. The number of amides is 4. The molecule has 434 valence electrons. The molecule has 6 rings (SSSR count). The maximum atomic E-state index is 13.6. The summed E-state index contributed by atoms with van der Waals surface area (Å²) in [6, 6.07) is 9.80. The summed E-state index contributed by atoms with van der Waals surface area (Å²) in [6.45, 7) is 14.5. The van der Waals surface area contributed by atoms with Gasteiger partial charge in [-0.3, -0.25) is 34.1 Å². The third-order valence-electron chi connectivity index (χ3n) is 11.0. The smallest absolute Gasteiger partial charge is 0.471 e. The van der Waals surface area contributed by atoms with Crippen LogP contribution >= 0.6 is 0 Å². The number of rotatable bonds is 19. The summed E-state index contributed by atoms with van der Waals surface area (Å²) in [5, 5.41) is 2.46. The lowest BCUT2D eigenvalue weighted by molar-refractivity contribution is -0.288. The maximum Gasteiger partial charge on any atom is 0.501 e. The Morgan fingerprint density at radius 1 is 0.762 bits per heavy atom. The minimum absolute atomic E-state index is 0.0281. The van der Waals surface area contributed by atoms with Gasteiger partial charge in [0.2, 0.25) is 30.1 Å². The number of benzene rings is 2. The minimum Gasteiger partial charge on any atom is -0.471 e. The second-order valence-electron chi connectivity index (χ2n) is 20.1. The van der Waals surface area contributed by atoms with E-state index >= 15 is 0 Å². The number of imidazole rings is 1. The normalized spacial score (nSPS) is 18.5. The van der Waals surface area contributed by atoms with E-state index in [2.05, 4.69) is 20.3 Å². The predicted octanol–water partition coefficient (Wildman–Crippen LogP) is 4.48. The fourth-order valence-electron chi connectivity index (χ4n) is 7.83. The van der Waals surface area contributed by atoms with Crippen LogP contribution < -0.4 is 23.2 Å². The monoisotopic (exact) mass is 1140 g/mol. The highest BCUT2D eigenvalue weighted by Crippen LogP contribution is 2.37. The van der Waals surface area contributed by atoms with Gasteiger partial charge in [-0.15, -0.1) is 8.42 Å². The van der Waals surface area contributed by atoms with E-state index in [4.69, 9.17) is 51.0 Å². The third kappa shape index (κ3) is 17.3. The van der Waals surface area contributed by atoms with Crippen molar-refractivity contribution in [2.24, 2.45) is 0 Å². The van der Waals surface area contributed by atoms with Crippen molar-refractivity contribution in [1.82, 2.24) is 29.3 Å². The summed E-state index contributed by atoms with van der Waals surface area (Å²) in [5.41, 5.74) is -0.533. The van der Waals surface area contributed by atoms with Gasteiger partial charge in [0.15, 0.2) is 34.9 Å². The van der Waals surface area contributed by atoms with Crippen LogP contribution in [0.1, 0.15) is 93.7 Å². The van der Waals surface area contributed by atoms with Crippen molar-refractivity contribution >= 4 is 75.4 Å². The summed E-state index contributed by atoms with van der Waals surface area (Å²) in [7, 11) is -4.99. The second kappa shape index (κ2) is 25.6. The number of piperazine rings is 1. The molecule has 2 saturated heterocycles. The van der Waals surface area contributed by atoms with Crippen molar-refractivity contribution < 1.29 is 97.8 Å². The second-order valence-corrected chi connectivity index (χ2v) is 21.2. The van der Waals surface area contributed by atoms with Gasteiger partial charge in [0.05, 0.1) is 6.33 Å². The zero-order valence-electron chi connectivity index (χ0n) is 45.8. The summed E-state index contributed by atoms with van der Waals surface area (Å²) >= 11 is 0. The Bertz CT molecular complexity index is 3080. The van der Waals surface area contributed by atoms with E-state index in [0.717, 1.165) is 32.6 Å². The largest absolute Gasteiger partial charge is 0.501 e. The SMILES string of the molecule is CCCc1ccc(OS(=O)(=O)Oc2ccc(COc3nc(NC(=O)OC(C)(C)C)nc4c3ncn4CC(=O)N3CCN(C(=O)OC(C)(C)C)C(=O)C3)cc2)c(OC2O[C@H](COC(C)=O)[C@H](OC(C)=O)[C@H](OC(C)=O)[C@H]2OC(C)=O)c1. The number of esters is 4. The van der Waals surface area contributed by atoms with Crippen LogP contribution in [0.25, 0.3) is 11.2 Å². The highest BCUT2D eigenvalue weighted by atomic mass is 32.3. The van der Waals surface area contributed by atoms with Crippen LogP contribution in [0.15, 0.2) is 48.8 Å². The lowest BCUT2D eigenvalue weighted by atomic mass is 9.98. The van der Waals surface area contributed by atoms with Gasteiger partial charge in [0.1, 0.15) is 49.4 Å². The maximum absolute atomic E-state index is 13.6. The van der Waals surface area contributed by atoms with Crippen LogP contribution in [-0.2, 0) is 91.9 Å². The molecule has 0 saturated carbocycles. The zero-order valence-corrected chi connectivity index (χ0v) is 46.6. The highest BCUT2D eigenvalue weighted by Gasteiger charge is 2.53. The first-order chi connectivity index (χ1) is 37.5. The molecular formula is C51H63N7O21S. The summed E-state index contributed by atoms with van der Waals surface area (Å²) in [5.74, 6) is -5.86. The number of nitrogens with one attached hydrogen (secondary N) is 1. The van der Waals surface area contributed by atoms with Crippen molar-refractivity contribution in [3.8, 4) is 23.1 Å². The summed E-state index contributed by atoms with van der Waals surface area (Å²) in [4.78, 5) is 116. The van der Waals surface area contributed by atoms with Crippen molar-refractivity contribution in [2.75, 3.05) is 31.6 Å². The minimum atomic E-state index is -4.99. The standard InChI is InChI=1S/C51H63N7O21S/c1-12-13-32-16-19-35(36(22-32)74-46-43(73-31(5)62)42(72-30(4)61)41(71-29(3)60)37(75-46)26-69-28(2)59)79-80(67,68)78-34-17-14-33(15-18-34)25-70-45-40-44(53-47(54-45)55-48(65)76-50(6,7)8)57(27-52-40)23-38(63)56-20-21-58(39(64)24-56)49(66)77-51(9,10)11/h14-19,22,27,37,41-43,46H,12-13,20-21,23-26H2,1-11H3,(H,53,54,55,65)/t37-,41+,42+,43-,46?/m1/s1. The van der Waals surface area contributed by atoms with Gasteiger partial charge in [-0.2, -0.15) is 9.97 Å². The Labute approximate surface area is 459 Å². The van der Waals surface area contributed by atoms with E-state index in [0.29, 0.717) is 24.0 Å². The highest BCUT2D eigenvalue weighted by molar-refractivity contribution is 7.82. The number of carbonyl (C=O) groups excluding carboxylic acids is 8. The molecule has 28 nitrogen and oxygen atoms in total. The first-order valence-corrected chi connectivity index (χ1v) is 26.3. The molecule has 2 fully saturated rings. The number of fused-ring (bicyclic) bond motifs is 1. The molecule has 29 heteroatoms. The van der Waals surface area contributed by atoms with Gasteiger partial charge in [-0.25, -0.2) is 19.5 Å². The Hall–Kier alpha value is -8.34. The number of ether oxygens (including phenoxy) is 9. The van der Waals surface area contributed by atoms with E-state index in [1.807, 2.05) is 6.92 Å². The first-order valence-electron chi connectivity index (χ1n) is 25.0. The van der Waals surface area contributed by atoms with Crippen molar-refractivity contribution in [2.45, 2.75) is 144 Å². The molecule has 4 heterocycles. The number of nitrogens with zero attached hydrogens (tertiary/aromatic N) is 6. The van der Waals surface area contributed by atoms with Gasteiger partial charge in [-0.1, -0.05) is 31.5 Å². The van der Waals surface area contributed by atoms with Crippen molar-refractivity contribution in [1.29, 1.82) is 0 Å². The summed E-state index contributed by atoms with van der Waals surface area (Å²) in [6.07, 6.45) is -7.15. The molecule has 2 aliphatic heterocycles. The Balaban J connectivity index is 1.20. The number of carbonyl (C=O) groups is 8. The molecule has 2 aromatic carbocycles. The average molecular weight is 1140 g/mol. The van der Waals surface area contributed by atoms with Gasteiger partial charge in [0, 0.05) is 40.8 Å². The molecule has 1 unspecified atom stereocenters. The topological polar surface area (TPSA) is 334 Å². The first kappa shape index (κ1) is 60.9. The number of imide groups is 1. The Morgan fingerprint density at radius 3 is 2.01 bits per heavy atom. The molecule has 1 N–H and O–H groups in total. The van der Waals surface area contributed by atoms with Gasteiger partial charge >= 0.3 is 46.5 Å². The van der Waals surface area contributed by atoms with Crippen LogP contribution in [0.3, 0.4) is 0 Å². The van der Waals surface area contributed by atoms with Crippen LogP contribution in [0.4, 0.5) is 15.5 Å². The molecular weight excluding hydrogens is 1080 g/mol. The number of hydrogen-bond acceptors (Lipinski definition) is 24. The molecule has 5 atom stereocenters. The Morgan fingerprint density at radius 2 is 1.40 bits per heavy atom. The van der Waals surface area contributed by atoms with Crippen LogP contribution in [0.2, 0.25) is 0 Å². The fourth-order valence-corrected chi connectivity index (χ4v) is 8.57. The number of anilines is 1. The van der Waals surface area contributed by atoms with Crippen molar-refractivity contribution in [3.63, 3.8) is 0 Å². The van der Waals surface area contributed by atoms with Crippen LogP contribution in [-0.4, -0.2) is 154 Å².